The number of nitrogens with zero attached hydrogens (tertiary/aromatic N) is 3. The first-order chi connectivity index (χ1) is 10.5. The van der Waals surface area contributed by atoms with Gasteiger partial charge in [0.15, 0.2) is 5.11 Å². The topological polar surface area (TPSA) is 59.4 Å². The Morgan fingerprint density at radius 1 is 1.36 bits per heavy atom. The average Bonchev–Trinajstić information content (AvgIpc) is 2.73. The van der Waals surface area contributed by atoms with Crippen LogP contribution in [0, 0.1) is 18.3 Å². The number of anilines is 1. The van der Waals surface area contributed by atoms with E-state index in [4.69, 9.17) is 17.5 Å². The molecule has 0 atom stereocenters. The first-order valence-electron chi connectivity index (χ1n) is 7.33. The predicted molar refractivity (Wildman–Crippen MR) is 88.6 cm³/mol. The summed E-state index contributed by atoms with van der Waals surface area (Å²) in [6.45, 7) is 3.62. The standard InChI is InChI=1S/C16H18N4OS/c1-11-9-13(4-3-12(11)10-17)20-14(21)16(18-15(20)22)5-7-19(2)8-6-16/h3-4,9H,5-8H2,1-2H3,(H,18,22). The molecule has 2 aliphatic heterocycles. The molecule has 2 saturated heterocycles. The third-order valence-corrected chi connectivity index (χ3v) is 4.88. The SMILES string of the molecule is Cc1cc(N2C(=O)C3(CCN(C)CC3)NC2=S)ccc1C#N. The number of carbonyl (C=O) groups excluding carboxylic acids is 1. The van der Waals surface area contributed by atoms with Crippen molar-refractivity contribution in [3.63, 3.8) is 0 Å². The third-order valence-electron chi connectivity index (χ3n) is 4.59. The van der Waals surface area contributed by atoms with Crippen molar-refractivity contribution >= 4 is 28.9 Å². The van der Waals surface area contributed by atoms with Crippen LogP contribution >= 0.6 is 12.2 Å². The van der Waals surface area contributed by atoms with E-state index in [-0.39, 0.29) is 5.91 Å². The van der Waals surface area contributed by atoms with Crippen LogP contribution < -0.4 is 10.2 Å². The van der Waals surface area contributed by atoms with Gasteiger partial charge in [0.05, 0.1) is 17.3 Å². The maximum atomic E-state index is 13.0. The van der Waals surface area contributed by atoms with Crippen molar-refractivity contribution in [1.29, 1.82) is 5.26 Å². The Labute approximate surface area is 135 Å². The lowest BCUT2D eigenvalue weighted by atomic mass is 9.87. The van der Waals surface area contributed by atoms with Gasteiger partial charge in [-0.3, -0.25) is 9.69 Å². The Morgan fingerprint density at radius 2 is 2.05 bits per heavy atom. The molecule has 2 heterocycles. The number of nitrogens with one attached hydrogen (secondary N) is 1. The first-order valence-corrected chi connectivity index (χ1v) is 7.74. The fourth-order valence-electron chi connectivity index (χ4n) is 3.11. The fraction of sp³-hybridized carbons (Fsp3) is 0.438. The molecule has 0 saturated carbocycles. The summed E-state index contributed by atoms with van der Waals surface area (Å²) in [5.41, 5.74) is 1.63. The molecule has 1 amide bonds. The lowest BCUT2D eigenvalue weighted by Gasteiger charge is -2.35. The van der Waals surface area contributed by atoms with E-state index in [1.807, 2.05) is 13.0 Å². The van der Waals surface area contributed by atoms with Crippen molar-refractivity contribution in [2.75, 3.05) is 25.0 Å². The van der Waals surface area contributed by atoms with Gasteiger partial charge in [-0.05, 0) is 62.8 Å². The second-order valence-corrected chi connectivity index (χ2v) is 6.45. The molecule has 6 heteroatoms. The van der Waals surface area contributed by atoms with Crippen LogP contribution in [0.25, 0.3) is 0 Å². The Hall–Kier alpha value is -1.97. The molecule has 2 aliphatic rings. The quantitative estimate of drug-likeness (QED) is 0.797. The zero-order valence-corrected chi connectivity index (χ0v) is 13.5. The van der Waals surface area contributed by atoms with Crippen molar-refractivity contribution in [2.45, 2.75) is 25.3 Å². The molecule has 1 N–H and O–H groups in total. The minimum Gasteiger partial charge on any atom is -0.347 e. The minimum atomic E-state index is -0.564. The molecule has 1 aromatic rings. The largest absolute Gasteiger partial charge is 0.347 e. The van der Waals surface area contributed by atoms with E-state index in [2.05, 4.69) is 23.3 Å². The molecular formula is C16H18N4OS. The van der Waals surface area contributed by atoms with Crippen LogP contribution in [0.4, 0.5) is 5.69 Å². The predicted octanol–water partition coefficient (Wildman–Crippen LogP) is 1.55. The molecule has 0 unspecified atom stereocenters. The summed E-state index contributed by atoms with van der Waals surface area (Å²) >= 11 is 5.40. The van der Waals surface area contributed by atoms with Gasteiger partial charge in [-0.25, -0.2) is 0 Å². The number of hydrogen-bond acceptors (Lipinski definition) is 4. The molecule has 5 nitrogen and oxygen atoms in total. The summed E-state index contributed by atoms with van der Waals surface area (Å²) in [4.78, 5) is 16.8. The molecule has 0 radical (unpaired) electrons. The highest BCUT2D eigenvalue weighted by atomic mass is 32.1. The first kappa shape index (κ1) is 14.9. The van der Waals surface area contributed by atoms with Gasteiger partial charge in [0.1, 0.15) is 5.54 Å². The lowest BCUT2D eigenvalue weighted by Crippen LogP contribution is -2.54. The number of thiocarbonyl (C=S) groups is 1. The van der Waals surface area contributed by atoms with Gasteiger partial charge < -0.3 is 10.2 Å². The molecule has 0 aliphatic carbocycles. The third kappa shape index (κ3) is 2.27. The van der Waals surface area contributed by atoms with Crippen molar-refractivity contribution < 1.29 is 4.79 Å². The zero-order chi connectivity index (χ0) is 15.9. The van der Waals surface area contributed by atoms with Crippen LogP contribution in [0.5, 0.6) is 0 Å². The van der Waals surface area contributed by atoms with Crippen LogP contribution in [0.1, 0.15) is 24.0 Å². The molecule has 2 fully saturated rings. The van der Waals surface area contributed by atoms with E-state index in [9.17, 15) is 4.79 Å². The van der Waals surface area contributed by atoms with Crippen LogP contribution in [0.2, 0.25) is 0 Å². The summed E-state index contributed by atoms with van der Waals surface area (Å²) in [7, 11) is 2.06. The number of carbonyl (C=O) groups is 1. The normalized spacial score (nSPS) is 21.0. The van der Waals surface area contributed by atoms with E-state index in [0.29, 0.717) is 10.7 Å². The lowest BCUT2D eigenvalue weighted by molar-refractivity contribution is -0.123. The number of benzene rings is 1. The Balaban J connectivity index is 1.92. The van der Waals surface area contributed by atoms with E-state index in [0.717, 1.165) is 37.2 Å². The molecule has 3 rings (SSSR count). The van der Waals surface area contributed by atoms with E-state index in [1.165, 1.54) is 0 Å². The van der Waals surface area contributed by atoms with Gasteiger partial charge >= 0.3 is 0 Å². The number of aryl methyl sites for hydroxylation is 1. The molecule has 114 valence electrons. The van der Waals surface area contributed by atoms with Crippen molar-refractivity contribution in [3.05, 3.63) is 29.3 Å². The van der Waals surface area contributed by atoms with Gasteiger partial charge in [-0.15, -0.1) is 0 Å². The van der Waals surface area contributed by atoms with Crippen molar-refractivity contribution in [2.24, 2.45) is 0 Å². The van der Waals surface area contributed by atoms with Crippen LogP contribution in [-0.2, 0) is 4.79 Å². The highest BCUT2D eigenvalue weighted by molar-refractivity contribution is 7.80. The summed E-state index contributed by atoms with van der Waals surface area (Å²) in [6.07, 6.45) is 1.52. The van der Waals surface area contributed by atoms with Gasteiger partial charge in [-0.1, -0.05) is 0 Å². The molecular weight excluding hydrogens is 296 g/mol. The van der Waals surface area contributed by atoms with Crippen LogP contribution in [-0.4, -0.2) is 41.6 Å². The number of likely N-dealkylation sites (tertiary alicyclic amines) is 1. The average molecular weight is 314 g/mol. The smallest absolute Gasteiger partial charge is 0.259 e. The minimum absolute atomic E-state index is 0.0229. The van der Waals surface area contributed by atoms with E-state index in [1.54, 1.807) is 17.0 Å². The number of rotatable bonds is 1. The monoisotopic (exact) mass is 314 g/mol. The van der Waals surface area contributed by atoms with Crippen molar-refractivity contribution in [3.8, 4) is 6.07 Å². The number of nitriles is 1. The van der Waals surface area contributed by atoms with Crippen LogP contribution in [0.3, 0.4) is 0 Å². The Morgan fingerprint density at radius 3 is 2.64 bits per heavy atom. The summed E-state index contributed by atoms with van der Waals surface area (Å²) in [6, 6.07) is 7.50. The molecule has 1 spiro atoms. The highest BCUT2D eigenvalue weighted by Gasteiger charge is 2.50. The van der Waals surface area contributed by atoms with Gasteiger partial charge in [0.25, 0.3) is 5.91 Å². The maximum absolute atomic E-state index is 13.0. The molecule has 0 aromatic heterocycles. The second kappa shape index (κ2) is 5.34. The van der Waals surface area contributed by atoms with Gasteiger partial charge in [0.2, 0.25) is 0 Å². The summed E-state index contributed by atoms with van der Waals surface area (Å²) < 4.78 is 0. The molecule has 1 aromatic carbocycles. The Kier molecular flexibility index (Phi) is 3.63. The number of hydrogen-bond donors (Lipinski definition) is 1. The molecule has 0 bridgehead atoms. The fourth-order valence-corrected chi connectivity index (χ4v) is 3.49. The Bertz CT molecular complexity index is 686. The van der Waals surface area contributed by atoms with E-state index >= 15 is 0 Å². The molecule has 22 heavy (non-hydrogen) atoms. The van der Waals surface area contributed by atoms with Gasteiger partial charge in [0, 0.05) is 13.1 Å². The second-order valence-electron chi connectivity index (χ2n) is 6.07. The number of amides is 1. The van der Waals surface area contributed by atoms with E-state index < -0.39 is 5.54 Å². The maximum Gasteiger partial charge on any atom is 0.259 e. The van der Waals surface area contributed by atoms with Crippen LogP contribution in [0.15, 0.2) is 18.2 Å². The summed E-state index contributed by atoms with van der Waals surface area (Å²) in [5.74, 6) is 0.0229. The van der Waals surface area contributed by atoms with Crippen molar-refractivity contribution in [1.82, 2.24) is 10.2 Å². The van der Waals surface area contributed by atoms with Gasteiger partial charge in [-0.2, -0.15) is 5.26 Å². The zero-order valence-electron chi connectivity index (χ0n) is 12.7. The summed E-state index contributed by atoms with van der Waals surface area (Å²) in [5, 5.41) is 12.7. The number of piperidine rings is 1. The highest BCUT2D eigenvalue weighted by Crippen LogP contribution is 2.32.